The standard InChI is InChI=1S/C9H6ClNOS/c10-7-3-1-6(2-4-7)9-11-8(12)5-13-9/h1-5,12H. The lowest BCUT2D eigenvalue weighted by Gasteiger charge is -1.94. The average Bonchev–Trinajstić information content (AvgIpc) is 2.53. The van der Waals surface area contributed by atoms with Gasteiger partial charge in [-0.05, 0) is 12.1 Å². The molecule has 0 fully saturated rings. The van der Waals surface area contributed by atoms with Crippen LogP contribution in [0.3, 0.4) is 0 Å². The first kappa shape index (κ1) is 8.53. The van der Waals surface area contributed by atoms with Crippen molar-refractivity contribution >= 4 is 22.9 Å². The molecule has 0 aliphatic heterocycles. The molecule has 66 valence electrons. The zero-order chi connectivity index (χ0) is 9.26. The number of aromatic nitrogens is 1. The number of thiazole rings is 1. The molecule has 1 heterocycles. The molecule has 0 atom stereocenters. The van der Waals surface area contributed by atoms with Gasteiger partial charge in [0.25, 0.3) is 0 Å². The van der Waals surface area contributed by atoms with E-state index < -0.39 is 0 Å². The molecule has 0 aliphatic rings. The highest BCUT2D eigenvalue weighted by molar-refractivity contribution is 7.13. The van der Waals surface area contributed by atoms with Crippen LogP contribution in [0.4, 0.5) is 0 Å². The Hall–Kier alpha value is -1.06. The first-order chi connectivity index (χ1) is 6.25. The van der Waals surface area contributed by atoms with Gasteiger partial charge in [-0.25, -0.2) is 4.98 Å². The fourth-order valence-electron chi connectivity index (χ4n) is 0.990. The van der Waals surface area contributed by atoms with Gasteiger partial charge >= 0.3 is 0 Å². The Morgan fingerprint density at radius 1 is 1.23 bits per heavy atom. The summed E-state index contributed by atoms with van der Waals surface area (Å²) in [4.78, 5) is 3.94. The van der Waals surface area contributed by atoms with Gasteiger partial charge in [-0.2, -0.15) is 0 Å². The third kappa shape index (κ3) is 1.82. The maximum absolute atomic E-state index is 9.04. The van der Waals surface area contributed by atoms with Crippen LogP contribution >= 0.6 is 22.9 Å². The molecule has 0 spiro atoms. The molecule has 0 aliphatic carbocycles. The van der Waals surface area contributed by atoms with Crippen molar-refractivity contribution in [1.82, 2.24) is 4.98 Å². The van der Waals surface area contributed by atoms with Crippen LogP contribution in [0, 0.1) is 0 Å². The SMILES string of the molecule is Oc1csc(-c2ccc(Cl)cc2)n1. The minimum Gasteiger partial charge on any atom is -0.493 e. The molecule has 0 bridgehead atoms. The summed E-state index contributed by atoms with van der Waals surface area (Å²) < 4.78 is 0. The molecule has 0 unspecified atom stereocenters. The topological polar surface area (TPSA) is 33.1 Å². The molecule has 1 aromatic carbocycles. The summed E-state index contributed by atoms with van der Waals surface area (Å²) in [6.07, 6.45) is 0. The number of hydrogen-bond donors (Lipinski definition) is 1. The number of halogens is 1. The maximum atomic E-state index is 9.04. The summed E-state index contributed by atoms with van der Waals surface area (Å²) in [6.45, 7) is 0. The van der Waals surface area contributed by atoms with E-state index in [1.165, 1.54) is 11.3 Å². The van der Waals surface area contributed by atoms with E-state index in [4.69, 9.17) is 16.7 Å². The largest absolute Gasteiger partial charge is 0.493 e. The molecular formula is C9H6ClNOS. The number of nitrogens with zero attached hydrogens (tertiary/aromatic N) is 1. The Bertz CT molecular complexity index is 410. The lowest BCUT2D eigenvalue weighted by atomic mass is 10.2. The van der Waals surface area contributed by atoms with E-state index in [1.807, 2.05) is 12.1 Å². The summed E-state index contributed by atoms with van der Waals surface area (Å²) in [5.74, 6) is 0.0648. The molecule has 2 aromatic rings. The van der Waals surface area contributed by atoms with Gasteiger partial charge in [-0.1, -0.05) is 23.7 Å². The molecule has 2 nitrogen and oxygen atoms in total. The normalized spacial score (nSPS) is 10.2. The van der Waals surface area contributed by atoms with Crippen LogP contribution in [-0.2, 0) is 0 Å². The molecule has 2 rings (SSSR count). The van der Waals surface area contributed by atoms with Crippen LogP contribution in [0.15, 0.2) is 29.6 Å². The van der Waals surface area contributed by atoms with Crippen molar-refractivity contribution in [3.05, 3.63) is 34.7 Å². The maximum Gasteiger partial charge on any atom is 0.222 e. The van der Waals surface area contributed by atoms with Gasteiger partial charge in [0.05, 0.1) is 5.38 Å². The quantitative estimate of drug-likeness (QED) is 0.786. The van der Waals surface area contributed by atoms with Gasteiger partial charge in [0, 0.05) is 10.6 Å². The van der Waals surface area contributed by atoms with E-state index in [0.717, 1.165) is 10.6 Å². The Morgan fingerprint density at radius 3 is 2.46 bits per heavy atom. The summed E-state index contributed by atoms with van der Waals surface area (Å²) in [6, 6.07) is 7.35. The third-order valence-corrected chi connectivity index (χ3v) is 2.71. The number of rotatable bonds is 1. The predicted molar refractivity (Wildman–Crippen MR) is 54.2 cm³/mol. The second kappa shape index (κ2) is 3.36. The van der Waals surface area contributed by atoms with Gasteiger partial charge < -0.3 is 5.11 Å². The smallest absolute Gasteiger partial charge is 0.222 e. The van der Waals surface area contributed by atoms with Crippen LogP contribution in [0.2, 0.25) is 5.02 Å². The number of hydrogen-bond acceptors (Lipinski definition) is 3. The van der Waals surface area contributed by atoms with Crippen molar-refractivity contribution in [3.8, 4) is 16.5 Å². The molecule has 0 saturated carbocycles. The van der Waals surface area contributed by atoms with Gasteiger partial charge in [0.1, 0.15) is 5.01 Å². The van der Waals surface area contributed by atoms with E-state index in [-0.39, 0.29) is 5.88 Å². The van der Waals surface area contributed by atoms with Gasteiger partial charge in [-0.3, -0.25) is 0 Å². The lowest BCUT2D eigenvalue weighted by molar-refractivity contribution is 0.458. The second-order valence-corrected chi connectivity index (χ2v) is 3.81. The fourth-order valence-corrected chi connectivity index (χ4v) is 1.80. The van der Waals surface area contributed by atoms with Crippen LogP contribution in [-0.4, -0.2) is 10.1 Å². The molecule has 1 aromatic heterocycles. The molecule has 13 heavy (non-hydrogen) atoms. The summed E-state index contributed by atoms with van der Waals surface area (Å²) in [5.41, 5.74) is 0.967. The van der Waals surface area contributed by atoms with Gasteiger partial charge in [-0.15, -0.1) is 11.3 Å². The summed E-state index contributed by atoms with van der Waals surface area (Å²) in [5, 5.41) is 12.1. The highest BCUT2D eigenvalue weighted by Gasteiger charge is 2.02. The molecule has 1 N–H and O–H groups in total. The summed E-state index contributed by atoms with van der Waals surface area (Å²) >= 11 is 7.14. The van der Waals surface area contributed by atoms with E-state index in [1.54, 1.807) is 17.5 Å². The van der Waals surface area contributed by atoms with E-state index >= 15 is 0 Å². The predicted octanol–water partition coefficient (Wildman–Crippen LogP) is 3.17. The molecule has 0 radical (unpaired) electrons. The van der Waals surface area contributed by atoms with E-state index in [9.17, 15) is 0 Å². The number of aromatic hydroxyl groups is 1. The van der Waals surface area contributed by atoms with Crippen molar-refractivity contribution in [1.29, 1.82) is 0 Å². The zero-order valence-corrected chi connectivity index (χ0v) is 8.14. The third-order valence-electron chi connectivity index (χ3n) is 1.58. The molecule has 0 amide bonds. The van der Waals surface area contributed by atoms with E-state index in [2.05, 4.69) is 4.98 Å². The van der Waals surface area contributed by atoms with Crippen LogP contribution in [0.1, 0.15) is 0 Å². The van der Waals surface area contributed by atoms with Crippen LogP contribution in [0.25, 0.3) is 10.6 Å². The van der Waals surface area contributed by atoms with Crippen molar-refractivity contribution < 1.29 is 5.11 Å². The van der Waals surface area contributed by atoms with Crippen molar-refractivity contribution in [2.45, 2.75) is 0 Å². The molecule has 0 saturated heterocycles. The molecular weight excluding hydrogens is 206 g/mol. The first-order valence-corrected chi connectivity index (χ1v) is 4.92. The lowest BCUT2D eigenvalue weighted by Crippen LogP contribution is -1.74. The fraction of sp³-hybridized carbons (Fsp3) is 0. The average molecular weight is 212 g/mol. The van der Waals surface area contributed by atoms with Crippen LogP contribution < -0.4 is 0 Å². The van der Waals surface area contributed by atoms with Crippen LogP contribution in [0.5, 0.6) is 5.88 Å². The van der Waals surface area contributed by atoms with Gasteiger partial charge in [0.2, 0.25) is 5.88 Å². The minimum absolute atomic E-state index is 0.0648. The van der Waals surface area contributed by atoms with Gasteiger partial charge in [0.15, 0.2) is 0 Å². The number of benzene rings is 1. The Morgan fingerprint density at radius 2 is 1.92 bits per heavy atom. The highest BCUT2D eigenvalue weighted by atomic mass is 35.5. The summed E-state index contributed by atoms with van der Waals surface area (Å²) in [7, 11) is 0. The molecule has 4 heteroatoms. The Balaban J connectivity index is 2.41. The Labute approximate surface area is 84.4 Å². The zero-order valence-electron chi connectivity index (χ0n) is 6.57. The van der Waals surface area contributed by atoms with Crippen molar-refractivity contribution in [2.75, 3.05) is 0 Å². The van der Waals surface area contributed by atoms with Crippen molar-refractivity contribution in [2.24, 2.45) is 0 Å². The minimum atomic E-state index is 0.0648. The first-order valence-electron chi connectivity index (χ1n) is 3.66. The second-order valence-electron chi connectivity index (χ2n) is 2.52. The van der Waals surface area contributed by atoms with E-state index in [0.29, 0.717) is 5.02 Å². The Kier molecular flexibility index (Phi) is 2.20. The monoisotopic (exact) mass is 211 g/mol. The van der Waals surface area contributed by atoms with Crippen molar-refractivity contribution in [3.63, 3.8) is 0 Å². The highest BCUT2D eigenvalue weighted by Crippen LogP contribution is 2.26.